The van der Waals surface area contributed by atoms with Gasteiger partial charge in [0, 0.05) is 29.2 Å². The molecule has 5 rings (SSSR count). The fraction of sp³-hybridized carbons (Fsp3) is 0.514. The first-order valence-electron chi connectivity index (χ1n) is 15.9. The molecular weight excluding hydrogens is 540 g/mol. The number of benzene rings is 2. The van der Waals surface area contributed by atoms with Crippen LogP contribution in [0.2, 0.25) is 0 Å². The Morgan fingerprint density at radius 2 is 1.81 bits per heavy atom. The molecule has 3 aromatic rings. The van der Waals surface area contributed by atoms with Gasteiger partial charge in [0.1, 0.15) is 18.4 Å². The number of fused-ring (bicyclic) bond motifs is 1. The number of hydrogen-bond acceptors (Lipinski definition) is 6. The fourth-order valence-electron chi connectivity index (χ4n) is 6.55. The Bertz CT molecular complexity index is 1400. The molecule has 2 aliphatic rings. The number of nitrogens with one attached hydrogen (secondary N) is 2. The third-order valence-electron chi connectivity index (χ3n) is 9.00. The summed E-state index contributed by atoms with van der Waals surface area (Å²) in [7, 11) is 0. The predicted octanol–water partition coefficient (Wildman–Crippen LogP) is 5.82. The van der Waals surface area contributed by atoms with Crippen molar-refractivity contribution in [2.75, 3.05) is 13.1 Å². The van der Waals surface area contributed by atoms with Crippen LogP contribution >= 0.6 is 0 Å². The number of nitrogens with zero attached hydrogens (tertiary/aromatic N) is 2. The molecule has 8 nitrogen and oxygen atoms in total. The van der Waals surface area contributed by atoms with E-state index in [4.69, 9.17) is 4.74 Å². The Morgan fingerprint density at radius 3 is 2.49 bits per heavy atom. The van der Waals surface area contributed by atoms with Crippen molar-refractivity contribution in [3.8, 4) is 5.75 Å². The van der Waals surface area contributed by atoms with Crippen LogP contribution in [0.5, 0.6) is 5.75 Å². The van der Waals surface area contributed by atoms with Crippen LogP contribution in [0.25, 0.3) is 10.9 Å². The van der Waals surface area contributed by atoms with Gasteiger partial charge in [-0.3, -0.25) is 19.8 Å². The Hall–Kier alpha value is -3.49. The minimum atomic E-state index is -0.720. The topological polar surface area (TPSA) is 104 Å². The second-order valence-corrected chi connectivity index (χ2v) is 12.7. The maximum absolute atomic E-state index is 14.3. The van der Waals surface area contributed by atoms with Crippen molar-refractivity contribution in [1.82, 2.24) is 20.7 Å². The average Bonchev–Trinajstić information content (AvgIpc) is 3.66. The molecule has 8 heteroatoms. The van der Waals surface area contributed by atoms with Crippen molar-refractivity contribution in [1.29, 1.82) is 0 Å². The standard InChI is InChI=1S/C35H46N4O4/c1-24(2)21-32(33(40)38-42)39(20-8-19-36-28-9-4-5-10-28)34(41)35(17-18-35)27-13-15-29(16-14-27)43-23-26-22-25(3)37-31-12-7-6-11-30(26)31/h6-7,11-16,22,24,28,32,36,42H,4-5,8-10,17-21,23H2,1-3H3,(H,38,40)/t32-/m0/s1. The molecular formula is C35H46N4O4. The number of carbonyl (C=O) groups is 2. The summed E-state index contributed by atoms with van der Waals surface area (Å²) in [6, 6.07) is 17.8. The van der Waals surface area contributed by atoms with E-state index in [1.807, 2.05) is 68.7 Å². The lowest BCUT2D eigenvalue weighted by Gasteiger charge is -2.34. The number of aromatic nitrogens is 1. The molecule has 3 N–H and O–H groups in total. The number of carbonyl (C=O) groups excluding carboxylic acids is 2. The highest BCUT2D eigenvalue weighted by molar-refractivity contribution is 5.95. The highest BCUT2D eigenvalue weighted by atomic mass is 16.5. The SMILES string of the molecule is Cc1cc(COc2ccc(C3(C(=O)N(CCCNC4CCCC4)[C@@H](CC(C)C)C(=O)NO)CC3)cc2)c2ccccc2n1. The zero-order valence-electron chi connectivity index (χ0n) is 25.8. The Balaban J connectivity index is 1.29. The van der Waals surface area contributed by atoms with Crippen LogP contribution in [-0.2, 0) is 21.6 Å². The monoisotopic (exact) mass is 586 g/mol. The van der Waals surface area contributed by atoms with E-state index in [1.165, 1.54) is 25.7 Å². The van der Waals surface area contributed by atoms with Crippen LogP contribution in [0.4, 0.5) is 0 Å². The second kappa shape index (κ2) is 13.9. The second-order valence-electron chi connectivity index (χ2n) is 12.7. The fourth-order valence-corrected chi connectivity index (χ4v) is 6.55. The van der Waals surface area contributed by atoms with Gasteiger partial charge in [0.25, 0.3) is 5.91 Å². The maximum Gasteiger partial charge on any atom is 0.266 e. The number of para-hydroxylation sites is 1. The van der Waals surface area contributed by atoms with Gasteiger partial charge in [-0.15, -0.1) is 0 Å². The number of pyridine rings is 1. The number of aryl methyl sites for hydroxylation is 1. The molecule has 0 aliphatic heterocycles. The van der Waals surface area contributed by atoms with Crippen molar-refractivity contribution >= 4 is 22.7 Å². The van der Waals surface area contributed by atoms with Crippen molar-refractivity contribution < 1.29 is 19.5 Å². The van der Waals surface area contributed by atoms with Crippen LogP contribution < -0.4 is 15.5 Å². The third kappa shape index (κ3) is 7.36. The molecule has 0 saturated heterocycles. The van der Waals surface area contributed by atoms with Gasteiger partial charge in [-0.05, 0) is 87.7 Å². The first kappa shape index (κ1) is 31.0. The van der Waals surface area contributed by atoms with Gasteiger partial charge in [0.05, 0.1) is 10.9 Å². The van der Waals surface area contributed by atoms with Gasteiger partial charge in [-0.1, -0.05) is 57.0 Å². The summed E-state index contributed by atoms with van der Waals surface area (Å²) in [4.78, 5) is 33.5. The van der Waals surface area contributed by atoms with Crippen LogP contribution in [0, 0.1) is 12.8 Å². The zero-order chi connectivity index (χ0) is 30.4. The number of rotatable bonds is 14. The molecule has 2 amide bonds. The summed E-state index contributed by atoms with van der Waals surface area (Å²) < 4.78 is 6.18. The largest absolute Gasteiger partial charge is 0.489 e. The molecule has 0 spiro atoms. The van der Waals surface area contributed by atoms with Crippen molar-refractivity contribution in [2.24, 2.45) is 5.92 Å². The van der Waals surface area contributed by atoms with Gasteiger partial charge in [0.2, 0.25) is 5.91 Å². The molecule has 43 heavy (non-hydrogen) atoms. The highest BCUT2D eigenvalue weighted by Gasteiger charge is 2.54. The van der Waals surface area contributed by atoms with Crippen molar-refractivity contribution in [3.05, 3.63) is 71.4 Å². The van der Waals surface area contributed by atoms with Gasteiger partial charge in [0.15, 0.2) is 0 Å². The summed E-state index contributed by atoms with van der Waals surface area (Å²) in [6.45, 7) is 7.74. The molecule has 230 valence electrons. The molecule has 2 aromatic carbocycles. The third-order valence-corrected chi connectivity index (χ3v) is 9.00. The number of hydroxylamine groups is 1. The first-order valence-corrected chi connectivity index (χ1v) is 15.9. The highest BCUT2D eigenvalue weighted by Crippen LogP contribution is 2.50. The van der Waals surface area contributed by atoms with E-state index < -0.39 is 17.4 Å². The van der Waals surface area contributed by atoms with E-state index in [0.29, 0.717) is 25.6 Å². The zero-order valence-corrected chi connectivity index (χ0v) is 25.8. The van der Waals surface area contributed by atoms with Gasteiger partial charge >= 0.3 is 0 Å². The molecule has 2 fully saturated rings. The van der Waals surface area contributed by atoms with Gasteiger partial charge in [-0.2, -0.15) is 0 Å². The molecule has 1 heterocycles. The van der Waals surface area contributed by atoms with Gasteiger partial charge in [-0.25, -0.2) is 5.48 Å². The minimum Gasteiger partial charge on any atom is -0.489 e. The molecule has 0 bridgehead atoms. The van der Waals surface area contributed by atoms with E-state index in [2.05, 4.69) is 22.4 Å². The number of amides is 2. The summed E-state index contributed by atoms with van der Waals surface area (Å²) in [6.07, 6.45) is 7.65. The van der Waals surface area contributed by atoms with Crippen LogP contribution in [0.1, 0.15) is 82.0 Å². The first-order chi connectivity index (χ1) is 20.8. The van der Waals surface area contributed by atoms with Crippen molar-refractivity contribution in [3.63, 3.8) is 0 Å². The lowest BCUT2D eigenvalue weighted by Crippen LogP contribution is -2.53. The van der Waals surface area contributed by atoms with E-state index in [1.54, 1.807) is 4.90 Å². The molecule has 2 saturated carbocycles. The molecule has 2 aliphatic carbocycles. The molecule has 1 aromatic heterocycles. The van der Waals surface area contributed by atoms with Crippen molar-refractivity contribution in [2.45, 2.75) is 96.2 Å². The summed E-state index contributed by atoms with van der Waals surface area (Å²) in [5.74, 6) is 0.360. The lowest BCUT2D eigenvalue weighted by atomic mass is 9.92. The van der Waals surface area contributed by atoms with E-state index in [9.17, 15) is 14.8 Å². The molecule has 0 unspecified atom stereocenters. The predicted molar refractivity (Wildman–Crippen MR) is 168 cm³/mol. The summed E-state index contributed by atoms with van der Waals surface area (Å²) >= 11 is 0. The Morgan fingerprint density at radius 1 is 1.09 bits per heavy atom. The van der Waals surface area contributed by atoms with Crippen LogP contribution in [-0.4, -0.2) is 52.1 Å². The van der Waals surface area contributed by atoms with E-state index >= 15 is 0 Å². The molecule has 1 atom stereocenters. The lowest BCUT2D eigenvalue weighted by molar-refractivity contribution is -0.146. The Kier molecular flexibility index (Phi) is 9.98. The average molecular weight is 587 g/mol. The summed E-state index contributed by atoms with van der Waals surface area (Å²) in [5.41, 5.74) is 5.11. The number of hydrogen-bond donors (Lipinski definition) is 3. The quantitative estimate of drug-likeness (QED) is 0.125. The summed E-state index contributed by atoms with van der Waals surface area (Å²) in [5, 5.41) is 14.3. The van der Waals surface area contributed by atoms with Crippen LogP contribution in [0.3, 0.4) is 0 Å². The Labute approximate surface area is 255 Å². The van der Waals surface area contributed by atoms with Gasteiger partial charge < -0.3 is 15.0 Å². The maximum atomic E-state index is 14.3. The van der Waals surface area contributed by atoms with E-state index in [-0.39, 0.29) is 11.8 Å². The molecule has 0 radical (unpaired) electrons. The number of ether oxygens (including phenoxy) is 1. The van der Waals surface area contributed by atoms with E-state index in [0.717, 1.165) is 59.3 Å². The van der Waals surface area contributed by atoms with Crippen LogP contribution in [0.15, 0.2) is 54.6 Å². The smallest absolute Gasteiger partial charge is 0.266 e. The minimum absolute atomic E-state index is 0.0324. The normalized spacial score (nSPS) is 16.8.